The maximum Gasteiger partial charge on any atom is 0.277 e. The topological polar surface area (TPSA) is 86.5 Å². The summed E-state index contributed by atoms with van der Waals surface area (Å²) in [6.07, 6.45) is 3.47. The number of fused-ring (bicyclic) bond motifs is 2. The molecule has 3 aromatic rings. The number of carbonyl (C=O) groups excluding carboxylic acids is 1. The van der Waals surface area contributed by atoms with Crippen LogP contribution in [0.2, 0.25) is 0 Å². The standard InChI is InChI=1S/C22H23N3O4S2/c1-12-3-6-18-15(7-12)9-19(31-18)21-24-25-22(29-21)30-10-20(26)23-13(2)14-4-5-16-17(8-14)28-11-27-16/h4-5,8-9,12-13H,3,6-7,10-11H2,1-2H3,(H,23,26)/t12-,13+/m0/s1. The van der Waals surface area contributed by atoms with Gasteiger partial charge in [0.25, 0.3) is 11.1 Å². The Kier molecular flexibility index (Phi) is 5.62. The summed E-state index contributed by atoms with van der Waals surface area (Å²) in [4.78, 5) is 14.8. The lowest BCUT2D eigenvalue weighted by Gasteiger charge is -2.16. The van der Waals surface area contributed by atoms with Gasteiger partial charge in [-0.2, -0.15) is 0 Å². The van der Waals surface area contributed by atoms with E-state index >= 15 is 0 Å². The summed E-state index contributed by atoms with van der Waals surface area (Å²) in [6, 6.07) is 7.71. The van der Waals surface area contributed by atoms with Gasteiger partial charge in [0, 0.05) is 4.88 Å². The number of hydrogen-bond donors (Lipinski definition) is 1. The third kappa shape index (κ3) is 4.43. The number of rotatable bonds is 6. The Balaban J connectivity index is 1.16. The van der Waals surface area contributed by atoms with Gasteiger partial charge in [-0.3, -0.25) is 4.79 Å². The van der Waals surface area contributed by atoms with Crippen molar-refractivity contribution in [2.75, 3.05) is 12.5 Å². The SMILES string of the molecule is C[C@H]1CCc2sc(-c3nnc(SCC(=O)N[C@H](C)c4ccc5c(c4)OCO5)o3)cc2C1. The number of amides is 1. The molecule has 1 aromatic carbocycles. The Morgan fingerprint density at radius 3 is 3.06 bits per heavy atom. The van der Waals surface area contributed by atoms with E-state index in [0.29, 0.717) is 16.9 Å². The first-order valence-corrected chi connectivity index (χ1v) is 12.1. The molecule has 0 radical (unpaired) electrons. The summed E-state index contributed by atoms with van der Waals surface area (Å²) >= 11 is 2.98. The van der Waals surface area contributed by atoms with Crippen molar-refractivity contribution in [2.45, 2.75) is 44.4 Å². The predicted octanol–water partition coefficient (Wildman–Crippen LogP) is 4.62. The second-order valence-electron chi connectivity index (χ2n) is 7.97. The Morgan fingerprint density at radius 2 is 2.16 bits per heavy atom. The number of hydrogen-bond acceptors (Lipinski definition) is 8. The van der Waals surface area contributed by atoms with Gasteiger partial charge in [-0.15, -0.1) is 21.5 Å². The van der Waals surface area contributed by atoms with Crippen LogP contribution in [0.15, 0.2) is 33.9 Å². The summed E-state index contributed by atoms with van der Waals surface area (Å²) in [6.45, 7) is 4.46. The van der Waals surface area contributed by atoms with Crippen molar-refractivity contribution in [3.63, 3.8) is 0 Å². The number of nitrogens with one attached hydrogen (secondary N) is 1. The van der Waals surface area contributed by atoms with Crippen molar-refractivity contribution in [1.29, 1.82) is 0 Å². The van der Waals surface area contributed by atoms with Crippen LogP contribution in [0.1, 0.15) is 42.3 Å². The van der Waals surface area contributed by atoms with E-state index in [1.165, 1.54) is 28.6 Å². The van der Waals surface area contributed by atoms with Gasteiger partial charge in [0.2, 0.25) is 12.7 Å². The molecule has 5 rings (SSSR count). The molecule has 0 spiro atoms. The maximum atomic E-state index is 12.4. The summed E-state index contributed by atoms with van der Waals surface area (Å²) in [5.74, 6) is 2.79. The van der Waals surface area contributed by atoms with Gasteiger partial charge in [-0.05, 0) is 61.4 Å². The van der Waals surface area contributed by atoms with Gasteiger partial charge >= 0.3 is 0 Å². The highest BCUT2D eigenvalue weighted by Crippen LogP contribution is 2.37. The van der Waals surface area contributed by atoms with E-state index in [0.717, 1.165) is 34.9 Å². The highest BCUT2D eigenvalue weighted by molar-refractivity contribution is 7.99. The van der Waals surface area contributed by atoms with Gasteiger partial charge in [-0.1, -0.05) is 24.8 Å². The zero-order valence-electron chi connectivity index (χ0n) is 17.3. The molecule has 3 heterocycles. The number of benzene rings is 1. The number of ether oxygens (including phenoxy) is 2. The molecule has 31 heavy (non-hydrogen) atoms. The number of aryl methyl sites for hydroxylation is 1. The minimum absolute atomic E-state index is 0.101. The molecule has 9 heteroatoms. The van der Waals surface area contributed by atoms with E-state index in [1.807, 2.05) is 25.1 Å². The van der Waals surface area contributed by atoms with Crippen LogP contribution in [0.4, 0.5) is 0 Å². The van der Waals surface area contributed by atoms with Crippen LogP contribution in [0.25, 0.3) is 10.8 Å². The average molecular weight is 458 g/mol. The molecule has 2 atom stereocenters. The van der Waals surface area contributed by atoms with E-state index in [-0.39, 0.29) is 24.5 Å². The molecule has 162 valence electrons. The first-order valence-electron chi connectivity index (χ1n) is 10.3. The lowest BCUT2D eigenvalue weighted by atomic mass is 9.90. The Labute approximate surface area is 188 Å². The first kappa shape index (κ1) is 20.4. The van der Waals surface area contributed by atoms with Crippen LogP contribution < -0.4 is 14.8 Å². The van der Waals surface area contributed by atoms with Crippen LogP contribution in [-0.2, 0) is 17.6 Å². The minimum atomic E-state index is -0.152. The van der Waals surface area contributed by atoms with E-state index in [1.54, 1.807) is 11.3 Å². The van der Waals surface area contributed by atoms with Gasteiger partial charge in [0.15, 0.2) is 11.5 Å². The largest absolute Gasteiger partial charge is 0.454 e. The summed E-state index contributed by atoms with van der Waals surface area (Å²) in [5.41, 5.74) is 2.36. The number of thioether (sulfide) groups is 1. The van der Waals surface area contributed by atoms with E-state index in [4.69, 9.17) is 13.9 Å². The van der Waals surface area contributed by atoms with Crippen molar-refractivity contribution < 1.29 is 18.7 Å². The molecule has 1 aliphatic heterocycles. The van der Waals surface area contributed by atoms with E-state index < -0.39 is 0 Å². The predicted molar refractivity (Wildman–Crippen MR) is 119 cm³/mol. The molecule has 0 saturated heterocycles. The van der Waals surface area contributed by atoms with E-state index in [9.17, 15) is 4.79 Å². The third-order valence-corrected chi connectivity index (χ3v) is 7.59. The summed E-state index contributed by atoms with van der Waals surface area (Å²) < 4.78 is 16.5. The fourth-order valence-electron chi connectivity index (χ4n) is 3.86. The third-order valence-electron chi connectivity index (χ3n) is 5.55. The maximum absolute atomic E-state index is 12.4. The molecule has 0 fully saturated rings. The number of carbonyl (C=O) groups is 1. The second-order valence-corrected chi connectivity index (χ2v) is 10.0. The van der Waals surface area contributed by atoms with Crippen molar-refractivity contribution in [1.82, 2.24) is 15.5 Å². The zero-order valence-corrected chi connectivity index (χ0v) is 19.0. The number of nitrogens with zero attached hydrogens (tertiary/aromatic N) is 2. The molecule has 0 saturated carbocycles. The quantitative estimate of drug-likeness (QED) is 0.541. The summed E-state index contributed by atoms with van der Waals surface area (Å²) in [5, 5.41) is 11.7. The fraction of sp³-hybridized carbons (Fsp3) is 0.409. The van der Waals surface area contributed by atoms with Gasteiger partial charge in [0.1, 0.15) is 0 Å². The van der Waals surface area contributed by atoms with Crippen LogP contribution in [0.3, 0.4) is 0 Å². The van der Waals surface area contributed by atoms with Crippen molar-refractivity contribution >= 4 is 29.0 Å². The fourth-order valence-corrected chi connectivity index (χ4v) is 5.56. The lowest BCUT2D eigenvalue weighted by Crippen LogP contribution is -2.28. The highest BCUT2D eigenvalue weighted by Gasteiger charge is 2.21. The zero-order chi connectivity index (χ0) is 21.4. The van der Waals surface area contributed by atoms with Crippen LogP contribution in [0.5, 0.6) is 11.5 Å². The Hall–Kier alpha value is -2.52. The van der Waals surface area contributed by atoms with Crippen LogP contribution >= 0.6 is 23.1 Å². The summed E-state index contributed by atoms with van der Waals surface area (Å²) in [7, 11) is 0. The molecular weight excluding hydrogens is 434 g/mol. The average Bonchev–Trinajstić information content (AvgIpc) is 3.49. The molecule has 2 aliphatic rings. The van der Waals surface area contributed by atoms with Gasteiger partial charge < -0.3 is 19.2 Å². The van der Waals surface area contributed by atoms with Crippen molar-refractivity contribution in [2.24, 2.45) is 5.92 Å². The lowest BCUT2D eigenvalue weighted by molar-refractivity contribution is -0.119. The van der Waals surface area contributed by atoms with Crippen molar-refractivity contribution in [3.05, 3.63) is 40.3 Å². The monoisotopic (exact) mass is 457 g/mol. The van der Waals surface area contributed by atoms with Crippen LogP contribution in [0, 0.1) is 5.92 Å². The molecule has 1 aliphatic carbocycles. The van der Waals surface area contributed by atoms with Crippen LogP contribution in [-0.4, -0.2) is 28.7 Å². The Bertz CT molecular complexity index is 1110. The molecular formula is C22H23N3O4S2. The number of thiophene rings is 1. The number of aromatic nitrogens is 2. The molecule has 2 aromatic heterocycles. The molecule has 0 unspecified atom stereocenters. The van der Waals surface area contributed by atoms with E-state index in [2.05, 4.69) is 28.5 Å². The Morgan fingerprint density at radius 1 is 1.29 bits per heavy atom. The molecule has 7 nitrogen and oxygen atoms in total. The van der Waals surface area contributed by atoms with Gasteiger partial charge in [-0.25, -0.2) is 0 Å². The second kappa shape index (κ2) is 8.55. The first-order chi connectivity index (χ1) is 15.0. The molecule has 1 amide bonds. The molecule has 1 N–H and O–H groups in total. The van der Waals surface area contributed by atoms with Gasteiger partial charge in [0.05, 0.1) is 16.7 Å². The smallest absolute Gasteiger partial charge is 0.277 e. The minimum Gasteiger partial charge on any atom is -0.454 e. The van der Waals surface area contributed by atoms with Crippen molar-refractivity contribution in [3.8, 4) is 22.3 Å². The molecule has 0 bridgehead atoms. The normalized spacial score (nSPS) is 17.9. The highest BCUT2D eigenvalue weighted by atomic mass is 32.2.